The fraction of sp³-hybridized carbons (Fsp3) is 0.250. The number of halogens is 1. The van der Waals surface area contributed by atoms with E-state index in [1.807, 2.05) is 53.4 Å². The van der Waals surface area contributed by atoms with Crippen LogP contribution in [0.3, 0.4) is 0 Å². The minimum atomic E-state index is 0.0707. The number of nitrogens with zero attached hydrogens (tertiary/aromatic N) is 2. The van der Waals surface area contributed by atoms with E-state index in [1.54, 1.807) is 6.08 Å². The Morgan fingerprint density at radius 1 is 1.04 bits per heavy atom. The number of hydrogen-bond acceptors (Lipinski definition) is 2. The number of anilines is 1. The molecule has 1 heterocycles. The van der Waals surface area contributed by atoms with Gasteiger partial charge in [-0.25, -0.2) is 0 Å². The lowest BCUT2D eigenvalue weighted by Gasteiger charge is -2.35. The van der Waals surface area contributed by atoms with Crippen LogP contribution in [0.2, 0.25) is 5.02 Å². The van der Waals surface area contributed by atoms with Crippen molar-refractivity contribution < 1.29 is 4.79 Å². The molecule has 1 aliphatic rings. The van der Waals surface area contributed by atoms with Crippen LogP contribution < -0.4 is 4.90 Å². The Labute approximate surface area is 148 Å². The minimum absolute atomic E-state index is 0.0707. The molecule has 1 aliphatic heterocycles. The van der Waals surface area contributed by atoms with Crippen molar-refractivity contribution >= 4 is 29.3 Å². The quantitative estimate of drug-likeness (QED) is 0.788. The van der Waals surface area contributed by atoms with Crippen LogP contribution in [0.4, 0.5) is 5.69 Å². The standard InChI is InChI=1S/C20H21ClN2O/c1-16-5-7-17(8-6-16)9-10-20(24)23-13-11-22(12-14-23)19-4-2-3-18(21)15-19/h2-10,15H,11-14H2,1H3/b10-9+. The fourth-order valence-electron chi connectivity index (χ4n) is 2.81. The summed E-state index contributed by atoms with van der Waals surface area (Å²) in [6.45, 7) is 5.15. The minimum Gasteiger partial charge on any atom is -0.368 e. The molecule has 0 atom stereocenters. The van der Waals surface area contributed by atoms with Gasteiger partial charge in [0.2, 0.25) is 5.91 Å². The third-order valence-corrected chi connectivity index (χ3v) is 4.50. The van der Waals surface area contributed by atoms with Crippen molar-refractivity contribution in [2.45, 2.75) is 6.92 Å². The zero-order chi connectivity index (χ0) is 16.9. The van der Waals surface area contributed by atoms with E-state index >= 15 is 0 Å². The molecule has 0 radical (unpaired) electrons. The molecule has 0 aromatic heterocycles. The molecule has 1 saturated heterocycles. The molecule has 0 spiro atoms. The van der Waals surface area contributed by atoms with Crippen molar-refractivity contribution in [2.24, 2.45) is 0 Å². The first-order valence-corrected chi connectivity index (χ1v) is 8.54. The third kappa shape index (κ3) is 4.18. The van der Waals surface area contributed by atoms with Crippen molar-refractivity contribution in [3.63, 3.8) is 0 Å². The molecular formula is C20H21ClN2O. The molecule has 2 aromatic rings. The van der Waals surface area contributed by atoms with Crippen molar-refractivity contribution in [1.82, 2.24) is 4.90 Å². The Balaban J connectivity index is 1.56. The molecule has 0 unspecified atom stereocenters. The summed E-state index contributed by atoms with van der Waals surface area (Å²) in [4.78, 5) is 16.5. The molecule has 2 aromatic carbocycles. The van der Waals surface area contributed by atoms with Gasteiger partial charge in [-0.2, -0.15) is 0 Å². The maximum atomic E-state index is 12.3. The van der Waals surface area contributed by atoms with Gasteiger partial charge in [0.1, 0.15) is 0 Å². The summed E-state index contributed by atoms with van der Waals surface area (Å²) in [6, 6.07) is 16.0. The molecule has 0 aliphatic carbocycles. The first-order valence-electron chi connectivity index (χ1n) is 8.16. The van der Waals surface area contributed by atoms with Crippen LogP contribution in [0.25, 0.3) is 6.08 Å². The van der Waals surface area contributed by atoms with E-state index in [2.05, 4.69) is 17.9 Å². The lowest BCUT2D eigenvalue weighted by molar-refractivity contribution is -0.126. The smallest absolute Gasteiger partial charge is 0.246 e. The number of carbonyl (C=O) groups is 1. The van der Waals surface area contributed by atoms with Crippen LogP contribution in [-0.4, -0.2) is 37.0 Å². The lowest BCUT2D eigenvalue weighted by Crippen LogP contribution is -2.48. The summed E-state index contributed by atoms with van der Waals surface area (Å²) >= 11 is 6.05. The normalized spacial score (nSPS) is 15.1. The molecule has 3 nitrogen and oxygen atoms in total. The highest BCUT2D eigenvalue weighted by molar-refractivity contribution is 6.30. The average Bonchev–Trinajstić information content (AvgIpc) is 2.61. The molecule has 0 N–H and O–H groups in total. The predicted octanol–water partition coefficient (Wildman–Crippen LogP) is 4.01. The van der Waals surface area contributed by atoms with Crippen molar-refractivity contribution in [3.8, 4) is 0 Å². The molecule has 1 fully saturated rings. The summed E-state index contributed by atoms with van der Waals surface area (Å²) < 4.78 is 0. The molecule has 0 saturated carbocycles. The predicted molar refractivity (Wildman–Crippen MR) is 100 cm³/mol. The highest BCUT2D eigenvalue weighted by Crippen LogP contribution is 2.20. The van der Waals surface area contributed by atoms with Crippen LogP contribution in [0.15, 0.2) is 54.6 Å². The maximum absolute atomic E-state index is 12.3. The van der Waals surface area contributed by atoms with Gasteiger partial charge in [0.05, 0.1) is 0 Å². The Morgan fingerprint density at radius 2 is 1.75 bits per heavy atom. The number of rotatable bonds is 3. The van der Waals surface area contributed by atoms with Crippen LogP contribution in [0, 0.1) is 6.92 Å². The number of carbonyl (C=O) groups excluding carboxylic acids is 1. The van der Waals surface area contributed by atoms with E-state index in [-0.39, 0.29) is 5.91 Å². The summed E-state index contributed by atoms with van der Waals surface area (Å²) in [5.74, 6) is 0.0707. The van der Waals surface area contributed by atoms with E-state index < -0.39 is 0 Å². The summed E-state index contributed by atoms with van der Waals surface area (Å²) in [7, 11) is 0. The van der Waals surface area contributed by atoms with Gasteiger partial charge in [0.25, 0.3) is 0 Å². The number of piperazine rings is 1. The second-order valence-electron chi connectivity index (χ2n) is 6.04. The Kier molecular flexibility index (Phi) is 5.21. The third-order valence-electron chi connectivity index (χ3n) is 4.26. The van der Waals surface area contributed by atoms with Gasteiger partial charge in [0.15, 0.2) is 0 Å². The number of amides is 1. The van der Waals surface area contributed by atoms with Gasteiger partial charge < -0.3 is 9.80 Å². The second kappa shape index (κ2) is 7.54. The monoisotopic (exact) mass is 340 g/mol. The lowest BCUT2D eigenvalue weighted by atomic mass is 10.1. The molecule has 24 heavy (non-hydrogen) atoms. The first kappa shape index (κ1) is 16.6. The topological polar surface area (TPSA) is 23.6 Å². The highest BCUT2D eigenvalue weighted by Gasteiger charge is 2.19. The average molecular weight is 341 g/mol. The van der Waals surface area contributed by atoms with Crippen LogP contribution in [0.5, 0.6) is 0 Å². The summed E-state index contributed by atoms with van der Waals surface area (Å²) in [5.41, 5.74) is 3.38. The van der Waals surface area contributed by atoms with Crippen LogP contribution >= 0.6 is 11.6 Å². The Hall–Kier alpha value is -2.26. The second-order valence-corrected chi connectivity index (χ2v) is 6.47. The molecule has 124 valence electrons. The van der Waals surface area contributed by atoms with Crippen molar-refractivity contribution in [2.75, 3.05) is 31.1 Å². The summed E-state index contributed by atoms with van der Waals surface area (Å²) in [5, 5.41) is 0.743. The highest BCUT2D eigenvalue weighted by atomic mass is 35.5. The first-order chi connectivity index (χ1) is 11.6. The van der Waals surface area contributed by atoms with E-state index in [0.29, 0.717) is 0 Å². The van der Waals surface area contributed by atoms with Gasteiger partial charge >= 0.3 is 0 Å². The van der Waals surface area contributed by atoms with E-state index in [4.69, 9.17) is 11.6 Å². The molecule has 0 bridgehead atoms. The fourth-order valence-corrected chi connectivity index (χ4v) is 2.99. The largest absolute Gasteiger partial charge is 0.368 e. The zero-order valence-electron chi connectivity index (χ0n) is 13.8. The van der Waals surface area contributed by atoms with Crippen molar-refractivity contribution in [3.05, 3.63) is 70.8 Å². The van der Waals surface area contributed by atoms with Crippen LogP contribution in [-0.2, 0) is 4.79 Å². The number of benzene rings is 2. The van der Waals surface area contributed by atoms with Crippen LogP contribution in [0.1, 0.15) is 11.1 Å². The van der Waals surface area contributed by atoms with E-state index in [9.17, 15) is 4.79 Å². The van der Waals surface area contributed by atoms with Gasteiger partial charge in [-0.05, 0) is 36.8 Å². The van der Waals surface area contributed by atoms with Gasteiger partial charge in [-0.15, -0.1) is 0 Å². The Morgan fingerprint density at radius 3 is 2.42 bits per heavy atom. The molecular weight excluding hydrogens is 320 g/mol. The van der Waals surface area contributed by atoms with Gasteiger partial charge in [0, 0.05) is 43.0 Å². The molecule has 4 heteroatoms. The molecule has 1 amide bonds. The maximum Gasteiger partial charge on any atom is 0.246 e. The van der Waals surface area contributed by atoms with E-state index in [1.165, 1.54) is 5.56 Å². The summed E-state index contributed by atoms with van der Waals surface area (Å²) in [6.07, 6.45) is 3.55. The number of aryl methyl sites for hydroxylation is 1. The van der Waals surface area contributed by atoms with Crippen molar-refractivity contribution in [1.29, 1.82) is 0 Å². The van der Waals surface area contributed by atoms with Gasteiger partial charge in [-0.3, -0.25) is 4.79 Å². The van der Waals surface area contributed by atoms with E-state index in [0.717, 1.165) is 42.5 Å². The number of hydrogen-bond donors (Lipinski definition) is 0. The Bertz CT molecular complexity index is 732. The SMILES string of the molecule is Cc1ccc(/C=C/C(=O)N2CCN(c3cccc(Cl)c3)CC2)cc1. The zero-order valence-corrected chi connectivity index (χ0v) is 14.5. The van der Waals surface area contributed by atoms with Gasteiger partial charge in [-0.1, -0.05) is 47.5 Å². The molecule has 3 rings (SSSR count).